The van der Waals surface area contributed by atoms with Crippen molar-refractivity contribution >= 4 is 11.8 Å². The topological polar surface area (TPSA) is 0 Å². The van der Waals surface area contributed by atoms with E-state index >= 15 is 0 Å². The first-order chi connectivity index (χ1) is 6.83. The third-order valence-electron chi connectivity index (χ3n) is 3.68. The Labute approximate surface area is 94.2 Å². The van der Waals surface area contributed by atoms with Crippen LogP contribution in [0.25, 0.3) is 0 Å². The second kappa shape index (κ2) is 6.76. The highest BCUT2D eigenvalue weighted by Crippen LogP contribution is 2.43. The van der Waals surface area contributed by atoms with Gasteiger partial charge in [-0.2, -0.15) is 11.8 Å². The summed E-state index contributed by atoms with van der Waals surface area (Å²) in [5.74, 6) is 2.69. The highest BCUT2D eigenvalue weighted by molar-refractivity contribution is 7.99. The monoisotopic (exact) mass is 214 g/mol. The zero-order valence-electron chi connectivity index (χ0n) is 9.98. The Morgan fingerprint density at radius 2 is 1.71 bits per heavy atom. The fourth-order valence-corrected chi connectivity index (χ4v) is 3.76. The van der Waals surface area contributed by atoms with Gasteiger partial charge in [-0.05, 0) is 42.6 Å². The SMILES string of the molecule is CCCC1(CCSCC)CCCCC1. The molecule has 1 heteroatoms. The summed E-state index contributed by atoms with van der Waals surface area (Å²) >= 11 is 2.13. The van der Waals surface area contributed by atoms with Crippen LogP contribution in [0.4, 0.5) is 0 Å². The fraction of sp³-hybridized carbons (Fsp3) is 1.00. The predicted octanol–water partition coefficient (Wildman–Crippen LogP) is 4.88. The number of hydrogen-bond donors (Lipinski definition) is 0. The Morgan fingerprint density at radius 1 is 1.00 bits per heavy atom. The van der Waals surface area contributed by atoms with Crippen molar-refractivity contribution in [1.29, 1.82) is 0 Å². The van der Waals surface area contributed by atoms with Crippen molar-refractivity contribution in [2.45, 2.75) is 65.2 Å². The molecule has 1 aliphatic rings. The van der Waals surface area contributed by atoms with Gasteiger partial charge in [0.1, 0.15) is 0 Å². The van der Waals surface area contributed by atoms with Crippen LogP contribution >= 0.6 is 11.8 Å². The van der Waals surface area contributed by atoms with Crippen LogP contribution in [0, 0.1) is 5.41 Å². The zero-order valence-corrected chi connectivity index (χ0v) is 10.8. The quantitative estimate of drug-likeness (QED) is 0.568. The summed E-state index contributed by atoms with van der Waals surface area (Å²) in [5, 5.41) is 0. The highest BCUT2D eigenvalue weighted by Gasteiger charge is 2.30. The van der Waals surface area contributed by atoms with Crippen LogP contribution in [0.5, 0.6) is 0 Å². The van der Waals surface area contributed by atoms with Crippen LogP contribution in [0.2, 0.25) is 0 Å². The van der Waals surface area contributed by atoms with Crippen LogP contribution in [-0.4, -0.2) is 11.5 Å². The van der Waals surface area contributed by atoms with Crippen molar-refractivity contribution < 1.29 is 0 Å². The van der Waals surface area contributed by atoms with Gasteiger partial charge >= 0.3 is 0 Å². The summed E-state index contributed by atoms with van der Waals surface area (Å²) < 4.78 is 0. The molecule has 0 aliphatic heterocycles. The lowest BCUT2D eigenvalue weighted by Crippen LogP contribution is -2.24. The van der Waals surface area contributed by atoms with Gasteiger partial charge in [-0.3, -0.25) is 0 Å². The molecule has 0 heterocycles. The molecule has 1 rings (SSSR count). The minimum atomic E-state index is 0.759. The summed E-state index contributed by atoms with van der Waals surface area (Å²) in [6, 6.07) is 0. The third kappa shape index (κ3) is 3.84. The van der Waals surface area contributed by atoms with E-state index in [9.17, 15) is 0 Å². The normalized spacial score (nSPS) is 21.0. The van der Waals surface area contributed by atoms with Crippen molar-refractivity contribution in [3.05, 3.63) is 0 Å². The van der Waals surface area contributed by atoms with E-state index < -0.39 is 0 Å². The minimum Gasteiger partial charge on any atom is -0.162 e. The Bertz CT molecular complexity index is 131. The Kier molecular flexibility index (Phi) is 6.00. The van der Waals surface area contributed by atoms with Gasteiger partial charge in [-0.1, -0.05) is 39.5 Å². The standard InChI is InChI=1S/C13H26S/c1-3-8-13(11-12-14-4-2)9-6-5-7-10-13/h3-12H2,1-2H3. The molecule has 0 atom stereocenters. The van der Waals surface area contributed by atoms with Gasteiger partial charge in [0.25, 0.3) is 0 Å². The molecular weight excluding hydrogens is 188 g/mol. The Balaban J connectivity index is 2.34. The molecule has 0 aromatic rings. The average Bonchev–Trinajstić information content (AvgIpc) is 2.20. The van der Waals surface area contributed by atoms with Crippen LogP contribution in [0.1, 0.15) is 65.2 Å². The molecule has 0 unspecified atom stereocenters. The van der Waals surface area contributed by atoms with E-state index in [4.69, 9.17) is 0 Å². The fourth-order valence-electron chi connectivity index (χ4n) is 2.89. The number of rotatable bonds is 6. The maximum atomic E-state index is 2.35. The molecule has 0 aromatic heterocycles. The van der Waals surface area contributed by atoms with Crippen molar-refractivity contribution in [3.63, 3.8) is 0 Å². The van der Waals surface area contributed by atoms with E-state index in [1.165, 1.54) is 62.9 Å². The van der Waals surface area contributed by atoms with Crippen molar-refractivity contribution in [3.8, 4) is 0 Å². The van der Waals surface area contributed by atoms with E-state index in [1.807, 2.05) is 0 Å². The molecule has 0 amide bonds. The van der Waals surface area contributed by atoms with Gasteiger partial charge in [0.15, 0.2) is 0 Å². The summed E-state index contributed by atoms with van der Waals surface area (Å²) in [6.45, 7) is 4.63. The van der Waals surface area contributed by atoms with Crippen LogP contribution in [0.15, 0.2) is 0 Å². The van der Waals surface area contributed by atoms with Crippen molar-refractivity contribution in [1.82, 2.24) is 0 Å². The molecule has 0 bridgehead atoms. The molecule has 0 N–H and O–H groups in total. The molecule has 14 heavy (non-hydrogen) atoms. The molecule has 0 saturated heterocycles. The predicted molar refractivity (Wildman–Crippen MR) is 68.0 cm³/mol. The zero-order chi connectivity index (χ0) is 10.3. The summed E-state index contributed by atoms with van der Waals surface area (Å²) in [4.78, 5) is 0. The Morgan fingerprint density at radius 3 is 2.29 bits per heavy atom. The smallest absolute Gasteiger partial charge is 0.00624 e. The molecule has 1 saturated carbocycles. The lowest BCUT2D eigenvalue weighted by molar-refractivity contribution is 0.165. The first kappa shape index (κ1) is 12.4. The van der Waals surface area contributed by atoms with Gasteiger partial charge in [-0.25, -0.2) is 0 Å². The van der Waals surface area contributed by atoms with E-state index in [2.05, 4.69) is 25.6 Å². The molecule has 84 valence electrons. The van der Waals surface area contributed by atoms with E-state index in [0.29, 0.717) is 0 Å². The second-order valence-electron chi connectivity index (χ2n) is 4.76. The maximum Gasteiger partial charge on any atom is -0.00624 e. The number of thioether (sulfide) groups is 1. The van der Waals surface area contributed by atoms with Gasteiger partial charge in [0.05, 0.1) is 0 Å². The second-order valence-corrected chi connectivity index (χ2v) is 6.15. The Hall–Kier alpha value is 0.350. The van der Waals surface area contributed by atoms with Crippen LogP contribution in [-0.2, 0) is 0 Å². The molecule has 0 nitrogen and oxygen atoms in total. The van der Waals surface area contributed by atoms with Gasteiger partial charge in [-0.15, -0.1) is 0 Å². The number of hydrogen-bond acceptors (Lipinski definition) is 1. The van der Waals surface area contributed by atoms with Gasteiger partial charge in [0.2, 0.25) is 0 Å². The molecule has 0 radical (unpaired) electrons. The summed E-state index contributed by atoms with van der Waals surface area (Å²) in [6.07, 6.45) is 11.9. The van der Waals surface area contributed by atoms with Crippen molar-refractivity contribution in [2.24, 2.45) is 5.41 Å². The summed E-state index contributed by atoms with van der Waals surface area (Å²) in [7, 11) is 0. The minimum absolute atomic E-state index is 0.759. The van der Waals surface area contributed by atoms with E-state index in [-0.39, 0.29) is 0 Å². The summed E-state index contributed by atoms with van der Waals surface area (Å²) in [5.41, 5.74) is 0.759. The molecule has 0 spiro atoms. The van der Waals surface area contributed by atoms with Crippen LogP contribution < -0.4 is 0 Å². The lowest BCUT2D eigenvalue weighted by atomic mass is 9.69. The average molecular weight is 214 g/mol. The highest BCUT2D eigenvalue weighted by atomic mass is 32.2. The largest absolute Gasteiger partial charge is 0.162 e. The molecule has 1 aliphatic carbocycles. The molecular formula is C13H26S. The lowest BCUT2D eigenvalue weighted by Gasteiger charge is -2.37. The van der Waals surface area contributed by atoms with Crippen molar-refractivity contribution in [2.75, 3.05) is 11.5 Å². The van der Waals surface area contributed by atoms with Crippen LogP contribution in [0.3, 0.4) is 0 Å². The first-order valence-electron chi connectivity index (χ1n) is 6.41. The van der Waals surface area contributed by atoms with Gasteiger partial charge in [0, 0.05) is 0 Å². The molecule has 1 fully saturated rings. The third-order valence-corrected chi connectivity index (χ3v) is 4.58. The van der Waals surface area contributed by atoms with Gasteiger partial charge < -0.3 is 0 Å². The maximum absolute atomic E-state index is 2.35. The van der Waals surface area contributed by atoms with E-state index in [0.717, 1.165) is 5.41 Å². The first-order valence-corrected chi connectivity index (χ1v) is 7.56. The van der Waals surface area contributed by atoms with E-state index in [1.54, 1.807) is 0 Å². The molecule has 0 aromatic carbocycles.